The molecule has 2 atom stereocenters. The summed E-state index contributed by atoms with van der Waals surface area (Å²) in [5, 5.41) is 0. The second-order valence-corrected chi connectivity index (χ2v) is 7.10. The maximum absolute atomic E-state index is 13.1. The number of hydrogen-bond donors (Lipinski definition) is 0. The number of fused-ring (bicyclic) bond motifs is 2. The molecule has 0 radical (unpaired) electrons. The lowest BCUT2D eigenvalue weighted by molar-refractivity contribution is -0.0873. The number of ketones is 1. The first-order valence-electron chi connectivity index (χ1n) is 9.17. The van der Waals surface area contributed by atoms with Gasteiger partial charge < -0.3 is 9.47 Å². The highest BCUT2D eigenvalue weighted by Gasteiger charge is 2.41. The van der Waals surface area contributed by atoms with Gasteiger partial charge in [0.2, 0.25) is 5.88 Å². The lowest BCUT2D eigenvalue weighted by atomic mass is 9.80. The average Bonchev–Trinajstić information content (AvgIpc) is 2.68. The molecule has 2 aromatic rings. The van der Waals surface area contributed by atoms with Crippen molar-refractivity contribution < 1.29 is 14.3 Å². The fraction of sp³-hybridized carbons (Fsp3) is 0.429. The van der Waals surface area contributed by atoms with E-state index in [1.54, 1.807) is 19.4 Å². The average molecular weight is 352 g/mol. The van der Waals surface area contributed by atoms with Gasteiger partial charge in [-0.15, -0.1) is 0 Å². The van der Waals surface area contributed by atoms with Gasteiger partial charge in [-0.3, -0.25) is 9.69 Å². The summed E-state index contributed by atoms with van der Waals surface area (Å²) >= 11 is 0. The zero-order chi connectivity index (χ0) is 17.9. The van der Waals surface area contributed by atoms with Gasteiger partial charge in [-0.1, -0.05) is 30.3 Å². The normalized spacial score (nSPS) is 25.7. The van der Waals surface area contributed by atoms with E-state index in [0.29, 0.717) is 24.7 Å². The number of ether oxygens (including phenoxy) is 2. The number of Topliss-reactive ketones (excluding diaryl/α,β-unsaturated/α-hetero) is 1. The molecule has 2 unspecified atom stereocenters. The number of piperidine rings is 1. The van der Waals surface area contributed by atoms with Gasteiger partial charge in [-0.05, 0) is 30.5 Å². The Morgan fingerprint density at radius 3 is 2.58 bits per heavy atom. The number of hydrogen-bond acceptors (Lipinski definition) is 5. The second-order valence-electron chi connectivity index (χ2n) is 7.10. The number of methoxy groups -OCH3 is 1. The Morgan fingerprint density at radius 2 is 1.88 bits per heavy atom. The molecule has 0 saturated carbocycles. The third kappa shape index (κ3) is 3.37. The first kappa shape index (κ1) is 17.2. The summed E-state index contributed by atoms with van der Waals surface area (Å²) in [5.74, 6) is 0.566. The number of nitrogens with zero attached hydrogens (tertiary/aromatic N) is 2. The van der Waals surface area contributed by atoms with Crippen molar-refractivity contribution in [2.24, 2.45) is 5.92 Å². The fourth-order valence-electron chi connectivity index (χ4n) is 4.22. The van der Waals surface area contributed by atoms with Crippen molar-refractivity contribution in [2.75, 3.05) is 20.3 Å². The molecule has 0 amide bonds. The number of carbonyl (C=O) groups is 1. The Hall–Kier alpha value is -2.24. The minimum Gasteiger partial charge on any atom is -0.480 e. The molecule has 0 spiro atoms. The van der Waals surface area contributed by atoms with E-state index in [1.165, 1.54) is 5.56 Å². The van der Waals surface area contributed by atoms with Crippen molar-refractivity contribution in [3.8, 4) is 5.88 Å². The predicted octanol–water partition coefficient (Wildman–Crippen LogP) is 2.95. The molecule has 2 fully saturated rings. The maximum atomic E-state index is 13.1. The highest BCUT2D eigenvalue weighted by molar-refractivity contribution is 5.99. The molecule has 4 rings (SSSR count). The van der Waals surface area contributed by atoms with Gasteiger partial charge >= 0.3 is 0 Å². The summed E-state index contributed by atoms with van der Waals surface area (Å²) in [6, 6.07) is 14.7. The smallest absolute Gasteiger partial charge is 0.224 e. The molecule has 5 heteroatoms. The van der Waals surface area contributed by atoms with Crippen LogP contribution in [0.4, 0.5) is 0 Å². The molecule has 2 aliphatic heterocycles. The molecule has 1 aromatic heterocycles. The Bertz CT molecular complexity index is 751. The van der Waals surface area contributed by atoms with E-state index in [4.69, 9.17) is 9.47 Å². The van der Waals surface area contributed by atoms with Crippen LogP contribution < -0.4 is 4.74 Å². The molecule has 2 bridgehead atoms. The van der Waals surface area contributed by atoms with Crippen LogP contribution in [0.5, 0.6) is 5.88 Å². The first-order chi connectivity index (χ1) is 12.8. The predicted molar refractivity (Wildman–Crippen MR) is 98.2 cm³/mol. The summed E-state index contributed by atoms with van der Waals surface area (Å²) in [6.45, 7) is 2.30. The Kier molecular flexibility index (Phi) is 5.00. The molecular weight excluding hydrogens is 328 g/mol. The van der Waals surface area contributed by atoms with Crippen LogP contribution in [0, 0.1) is 5.92 Å². The van der Waals surface area contributed by atoms with Crippen LogP contribution in [-0.4, -0.2) is 48.1 Å². The minimum atomic E-state index is -0.000904. The largest absolute Gasteiger partial charge is 0.480 e. The molecule has 2 aliphatic rings. The van der Waals surface area contributed by atoms with Gasteiger partial charge in [0.05, 0.1) is 25.9 Å². The van der Waals surface area contributed by atoms with E-state index in [2.05, 4.69) is 34.1 Å². The molecule has 5 nitrogen and oxygen atoms in total. The van der Waals surface area contributed by atoms with Gasteiger partial charge in [-0.2, -0.15) is 0 Å². The van der Waals surface area contributed by atoms with Crippen LogP contribution in [0.15, 0.2) is 48.7 Å². The third-order valence-corrected chi connectivity index (χ3v) is 5.48. The van der Waals surface area contributed by atoms with Crippen molar-refractivity contribution in [3.63, 3.8) is 0 Å². The van der Waals surface area contributed by atoms with Gasteiger partial charge in [0.15, 0.2) is 5.78 Å². The quantitative estimate of drug-likeness (QED) is 0.775. The molecular formula is C21H24N2O3. The summed E-state index contributed by atoms with van der Waals surface area (Å²) in [4.78, 5) is 19.8. The van der Waals surface area contributed by atoms with E-state index in [9.17, 15) is 4.79 Å². The zero-order valence-electron chi connectivity index (χ0n) is 15.0. The van der Waals surface area contributed by atoms with E-state index in [-0.39, 0.29) is 23.8 Å². The SMILES string of the molecule is COc1ncccc1C(=O)C1CC2COCC(C1)N2Cc1ccccc1. The van der Waals surface area contributed by atoms with Crippen LogP contribution in [0.3, 0.4) is 0 Å². The molecule has 0 aliphatic carbocycles. The topological polar surface area (TPSA) is 51.7 Å². The van der Waals surface area contributed by atoms with Gasteiger partial charge in [0, 0.05) is 30.7 Å². The number of benzene rings is 1. The van der Waals surface area contributed by atoms with Crippen molar-refractivity contribution in [1.82, 2.24) is 9.88 Å². The van der Waals surface area contributed by atoms with Crippen LogP contribution in [0.25, 0.3) is 0 Å². The standard InChI is InChI=1S/C21H24N2O3/c1-25-21-19(8-5-9-22-21)20(24)16-10-17-13-26-14-18(11-16)23(17)12-15-6-3-2-4-7-15/h2-9,16-18H,10-14H2,1H3. The third-order valence-electron chi connectivity index (χ3n) is 5.48. The Balaban J connectivity index is 1.51. The summed E-state index contributed by atoms with van der Waals surface area (Å²) < 4.78 is 11.1. The van der Waals surface area contributed by atoms with Crippen molar-refractivity contribution in [1.29, 1.82) is 0 Å². The second kappa shape index (κ2) is 7.56. The van der Waals surface area contributed by atoms with Crippen LogP contribution in [-0.2, 0) is 11.3 Å². The summed E-state index contributed by atoms with van der Waals surface area (Å²) in [7, 11) is 1.56. The molecule has 1 aromatic carbocycles. The van der Waals surface area contributed by atoms with Gasteiger partial charge in [0.25, 0.3) is 0 Å². The highest BCUT2D eigenvalue weighted by atomic mass is 16.5. The molecule has 3 heterocycles. The lowest BCUT2D eigenvalue weighted by Crippen LogP contribution is -2.57. The molecule has 26 heavy (non-hydrogen) atoms. The van der Waals surface area contributed by atoms with Crippen molar-refractivity contribution in [3.05, 3.63) is 59.8 Å². The van der Waals surface area contributed by atoms with Crippen molar-refractivity contribution in [2.45, 2.75) is 31.5 Å². The van der Waals surface area contributed by atoms with E-state index in [1.807, 2.05) is 12.1 Å². The molecule has 136 valence electrons. The molecule has 0 N–H and O–H groups in total. The Labute approximate surface area is 153 Å². The summed E-state index contributed by atoms with van der Waals surface area (Å²) in [6.07, 6.45) is 3.29. The van der Waals surface area contributed by atoms with E-state index in [0.717, 1.165) is 19.4 Å². The highest BCUT2D eigenvalue weighted by Crippen LogP contribution is 2.35. The number of aromatic nitrogens is 1. The van der Waals surface area contributed by atoms with Crippen LogP contribution in [0.2, 0.25) is 0 Å². The lowest BCUT2D eigenvalue weighted by Gasteiger charge is -2.48. The zero-order valence-corrected chi connectivity index (χ0v) is 15.0. The maximum Gasteiger partial charge on any atom is 0.224 e. The number of rotatable bonds is 5. The van der Waals surface area contributed by atoms with Crippen LogP contribution in [0.1, 0.15) is 28.8 Å². The summed E-state index contributed by atoms with van der Waals surface area (Å²) in [5.41, 5.74) is 1.90. The Morgan fingerprint density at radius 1 is 1.15 bits per heavy atom. The molecule has 2 saturated heterocycles. The minimum absolute atomic E-state index is 0.000904. The number of pyridine rings is 1. The first-order valence-corrected chi connectivity index (χ1v) is 9.17. The van der Waals surface area contributed by atoms with Gasteiger partial charge in [-0.25, -0.2) is 4.98 Å². The van der Waals surface area contributed by atoms with Crippen LogP contribution >= 0.6 is 0 Å². The van der Waals surface area contributed by atoms with E-state index >= 15 is 0 Å². The van der Waals surface area contributed by atoms with Crippen molar-refractivity contribution >= 4 is 5.78 Å². The monoisotopic (exact) mass is 352 g/mol. The van der Waals surface area contributed by atoms with Gasteiger partial charge in [0.1, 0.15) is 0 Å². The fourth-order valence-corrected chi connectivity index (χ4v) is 4.22. The number of carbonyl (C=O) groups excluding carboxylic acids is 1. The number of morpholine rings is 1. The van der Waals surface area contributed by atoms with E-state index < -0.39 is 0 Å².